The number of carbonyl (C=O) groups excluding carboxylic acids is 1. The van der Waals surface area contributed by atoms with Crippen LogP contribution >= 0.6 is 27.5 Å². The molecule has 0 bridgehead atoms. The van der Waals surface area contributed by atoms with Crippen LogP contribution in [0.1, 0.15) is 35.2 Å². The zero-order valence-corrected chi connectivity index (χ0v) is 20.0. The number of nitrogens with one attached hydrogen (secondary N) is 1. The smallest absolute Gasteiger partial charge is 0.262 e. The Morgan fingerprint density at radius 2 is 1.85 bits per heavy atom. The summed E-state index contributed by atoms with van der Waals surface area (Å²) in [6, 6.07) is 23.8. The van der Waals surface area contributed by atoms with E-state index in [1.807, 2.05) is 55.5 Å². The number of carbonyl (C=O) groups is 1. The quantitative estimate of drug-likeness (QED) is 0.291. The Balaban J connectivity index is 1.76. The third-order valence-corrected chi connectivity index (χ3v) is 5.72. The lowest BCUT2D eigenvalue weighted by atomic mass is 10.1. The van der Waals surface area contributed by atoms with Gasteiger partial charge in [-0.05, 0) is 58.3 Å². The molecule has 3 rings (SSSR count). The highest BCUT2D eigenvalue weighted by atomic mass is 79.9. The van der Waals surface area contributed by atoms with Crippen LogP contribution in [0.4, 0.5) is 0 Å². The van der Waals surface area contributed by atoms with Gasteiger partial charge in [0.1, 0.15) is 18.2 Å². The molecule has 1 N–H and O–H groups in total. The van der Waals surface area contributed by atoms with Crippen molar-refractivity contribution < 1.29 is 9.53 Å². The first-order valence-electron chi connectivity index (χ1n) is 10.0. The van der Waals surface area contributed by atoms with Crippen LogP contribution in [0.25, 0.3) is 6.08 Å². The fourth-order valence-corrected chi connectivity index (χ4v) is 4.11. The molecule has 0 unspecified atom stereocenters. The van der Waals surface area contributed by atoms with Crippen molar-refractivity contribution in [2.75, 3.05) is 0 Å². The third kappa shape index (κ3) is 6.23. The van der Waals surface area contributed by atoms with E-state index in [-0.39, 0.29) is 18.2 Å². The molecule has 1 atom stereocenters. The molecule has 3 aromatic carbocycles. The molecule has 0 aliphatic carbocycles. The summed E-state index contributed by atoms with van der Waals surface area (Å²) in [5.74, 6) is -0.0725. The van der Waals surface area contributed by atoms with Crippen molar-refractivity contribution in [3.05, 3.63) is 104 Å². The zero-order valence-electron chi connectivity index (χ0n) is 17.7. The van der Waals surface area contributed by atoms with E-state index in [1.54, 1.807) is 24.3 Å². The van der Waals surface area contributed by atoms with E-state index in [9.17, 15) is 15.3 Å². The molecule has 33 heavy (non-hydrogen) atoms. The molecular formula is C26H19BrClN3O2. The molecule has 5 nitrogen and oxygen atoms in total. The van der Waals surface area contributed by atoms with Crippen molar-refractivity contribution >= 4 is 39.5 Å². The van der Waals surface area contributed by atoms with Gasteiger partial charge in [-0.15, -0.1) is 0 Å². The lowest BCUT2D eigenvalue weighted by molar-refractivity contribution is -0.117. The van der Waals surface area contributed by atoms with E-state index >= 15 is 0 Å². The predicted molar refractivity (Wildman–Crippen MR) is 131 cm³/mol. The molecule has 0 saturated carbocycles. The standard InChI is InChI=1S/C26H19BrClN3O2/c1-17(19-7-3-2-4-8-19)31-26(32)22(15-30)11-18-12-23(27)25(24(28)13-18)33-16-21-10-6-5-9-20(21)14-29/h2-13,17H,16H2,1H3,(H,31,32)/b22-11-/t17-/m1/s1. The van der Waals surface area contributed by atoms with Crippen molar-refractivity contribution in [1.29, 1.82) is 10.5 Å². The van der Waals surface area contributed by atoms with Crippen LogP contribution in [0.3, 0.4) is 0 Å². The molecule has 7 heteroatoms. The number of nitriles is 2. The van der Waals surface area contributed by atoms with Crippen LogP contribution in [0, 0.1) is 22.7 Å². The van der Waals surface area contributed by atoms with E-state index in [2.05, 4.69) is 27.3 Å². The summed E-state index contributed by atoms with van der Waals surface area (Å²) in [5.41, 5.74) is 2.73. The minimum absolute atomic E-state index is 0.0441. The minimum atomic E-state index is -0.477. The Hall–Kier alpha value is -3.58. The molecule has 0 aliphatic heterocycles. The lowest BCUT2D eigenvalue weighted by Crippen LogP contribution is -2.27. The van der Waals surface area contributed by atoms with Crippen LogP contribution < -0.4 is 10.1 Å². The number of nitrogens with zero attached hydrogens (tertiary/aromatic N) is 2. The summed E-state index contributed by atoms with van der Waals surface area (Å²) < 4.78 is 6.40. The van der Waals surface area contributed by atoms with Crippen molar-refractivity contribution in [2.45, 2.75) is 19.6 Å². The molecule has 0 heterocycles. The number of amides is 1. The maximum atomic E-state index is 12.6. The Labute approximate surface area is 206 Å². The molecule has 3 aromatic rings. The number of benzene rings is 3. The van der Waals surface area contributed by atoms with Crippen LogP contribution in [0.2, 0.25) is 5.02 Å². The van der Waals surface area contributed by atoms with Gasteiger partial charge >= 0.3 is 0 Å². The molecule has 0 radical (unpaired) electrons. The second-order valence-corrected chi connectivity index (χ2v) is 8.41. The molecule has 1 amide bonds. The van der Waals surface area contributed by atoms with Gasteiger partial charge in [-0.2, -0.15) is 10.5 Å². The average Bonchev–Trinajstić information content (AvgIpc) is 2.82. The summed E-state index contributed by atoms with van der Waals surface area (Å²) in [4.78, 5) is 12.6. The van der Waals surface area contributed by atoms with Crippen molar-refractivity contribution in [2.24, 2.45) is 0 Å². The van der Waals surface area contributed by atoms with Crippen LogP contribution in [-0.4, -0.2) is 5.91 Å². The van der Waals surface area contributed by atoms with E-state index in [1.165, 1.54) is 6.08 Å². The summed E-state index contributed by atoms with van der Waals surface area (Å²) in [7, 11) is 0. The number of ether oxygens (including phenoxy) is 1. The summed E-state index contributed by atoms with van der Waals surface area (Å²) in [6.45, 7) is 2.02. The molecule has 0 aliphatic rings. The number of rotatable bonds is 7. The number of halogens is 2. The van der Waals surface area contributed by atoms with Crippen molar-refractivity contribution in [3.63, 3.8) is 0 Å². The topological polar surface area (TPSA) is 85.9 Å². The number of hydrogen-bond donors (Lipinski definition) is 1. The monoisotopic (exact) mass is 519 g/mol. The number of hydrogen-bond acceptors (Lipinski definition) is 4. The zero-order chi connectivity index (χ0) is 23.8. The molecular weight excluding hydrogens is 502 g/mol. The summed E-state index contributed by atoms with van der Waals surface area (Å²) in [5, 5.41) is 21.9. The lowest BCUT2D eigenvalue weighted by Gasteiger charge is -2.14. The highest BCUT2D eigenvalue weighted by molar-refractivity contribution is 9.10. The molecule has 0 fully saturated rings. The Morgan fingerprint density at radius 3 is 2.52 bits per heavy atom. The fraction of sp³-hybridized carbons (Fsp3) is 0.115. The first kappa shape index (κ1) is 24.1. The van der Waals surface area contributed by atoms with Gasteiger partial charge in [0.2, 0.25) is 0 Å². The highest BCUT2D eigenvalue weighted by Gasteiger charge is 2.15. The van der Waals surface area contributed by atoms with Gasteiger partial charge in [0, 0.05) is 5.56 Å². The van der Waals surface area contributed by atoms with Gasteiger partial charge in [-0.3, -0.25) is 4.79 Å². The van der Waals surface area contributed by atoms with Gasteiger partial charge in [0.25, 0.3) is 5.91 Å². The SMILES string of the molecule is C[C@@H](NC(=O)/C(C#N)=C\c1cc(Cl)c(OCc2ccccc2C#N)c(Br)c1)c1ccccc1. The van der Waals surface area contributed by atoms with Crippen LogP contribution in [0.5, 0.6) is 5.75 Å². The Morgan fingerprint density at radius 1 is 1.15 bits per heavy atom. The Bertz CT molecular complexity index is 1250. The van der Waals surface area contributed by atoms with Gasteiger partial charge in [-0.25, -0.2) is 0 Å². The van der Waals surface area contributed by atoms with Gasteiger partial charge in [0.15, 0.2) is 5.75 Å². The first-order valence-corrected chi connectivity index (χ1v) is 11.2. The van der Waals surface area contributed by atoms with Crippen molar-refractivity contribution in [1.82, 2.24) is 5.32 Å². The summed E-state index contributed by atoms with van der Waals surface area (Å²) >= 11 is 9.85. The predicted octanol–water partition coefficient (Wildman–Crippen LogP) is 6.34. The molecule has 0 aromatic heterocycles. The summed E-state index contributed by atoms with van der Waals surface area (Å²) in [6.07, 6.45) is 1.47. The van der Waals surface area contributed by atoms with E-state index in [0.717, 1.165) is 11.1 Å². The maximum Gasteiger partial charge on any atom is 0.262 e. The van der Waals surface area contributed by atoms with Crippen LogP contribution in [0.15, 0.2) is 76.8 Å². The van der Waals surface area contributed by atoms with E-state index in [0.29, 0.717) is 26.4 Å². The first-order chi connectivity index (χ1) is 15.9. The largest absolute Gasteiger partial charge is 0.486 e. The van der Waals surface area contributed by atoms with Crippen molar-refractivity contribution in [3.8, 4) is 17.9 Å². The second-order valence-electron chi connectivity index (χ2n) is 7.15. The van der Waals surface area contributed by atoms with Gasteiger partial charge in [0.05, 0.1) is 27.2 Å². The van der Waals surface area contributed by atoms with Crippen LogP contribution in [-0.2, 0) is 11.4 Å². The average molecular weight is 521 g/mol. The normalized spacial score (nSPS) is 11.7. The second kappa shape index (κ2) is 11.3. The van der Waals surface area contributed by atoms with Gasteiger partial charge < -0.3 is 10.1 Å². The van der Waals surface area contributed by atoms with Gasteiger partial charge in [-0.1, -0.05) is 60.1 Å². The fourth-order valence-electron chi connectivity index (χ4n) is 3.12. The highest BCUT2D eigenvalue weighted by Crippen LogP contribution is 2.36. The maximum absolute atomic E-state index is 12.6. The van der Waals surface area contributed by atoms with E-state index < -0.39 is 5.91 Å². The minimum Gasteiger partial charge on any atom is -0.486 e. The third-order valence-electron chi connectivity index (χ3n) is 4.85. The molecule has 164 valence electrons. The molecule has 0 saturated heterocycles. The van der Waals surface area contributed by atoms with E-state index in [4.69, 9.17) is 16.3 Å². The Kier molecular flexibility index (Phi) is 8.27. The molecule has 0 spiro atoms.